The van der Waals surface area contributed by atoms with Gasteiger partial charge in [-0.25, -0.2) is 14.4 Å². The van der Waals surface area contributed by atoms with Crippen molar-refractivity contribution in [3.8, 4) is 11.3 Å². The Hall–Kier alpha value is -2.81. The van der Waals surface area contributed by atoms with Crippen molar-refractivity contribution in [1.29, 1.82) is 0 Å². The molecule has 7 nitrogen and oxygen atoms in total. The molecule has 2 aromatic heterocycles. The lowest BCUT2D eigenvalue weighted by Crippen LogP contribution is -2.27. The standard InChI is InChI=1S/C21H20ClFN4O3/c22-16-2-1-14(9-17(16)23)19(11-28)27-7-4-13(10-20(27)29)18-3-6-24-21(26-18)25-15-5-8-30-12-15/h1-4,6-7,9-10,15,19,28H,5,8,11-12H2,(H,24,25,26)/t15-,19+/m0/s1. The molecule has 0 radical (unpaired) electrons. The molecule has 1 saturated heterocycles. The number of halogens is 2. The predicted molar refractivity (Wildman–Crippen MR) is 111 cm³/mol. The van der Waals surface area contributed by atoms with E-state index >= 15 is 0 Å². The summed E-state index contributed by atoms with van der Waals surface area (Å²) in [5, 5.41) is 13.0. The van der Waals surface area contributed by atoms with Crippen molar-refractivity contribution in [1.82, 2.24) is 14.5 Å². The zero-order valence-corrected chi connectivity index (χ0v) is 16.7. The molecule has 1 aliphatic rings. The summed E-state index contributed by atoms with van der Waals surface area (Å²) in [7, 11) is 0. The van der Waals surface area contributed by atoms with Gasteiger partial charge in [0.2, 0.25) is 5.95 Å². The van der Waals surface area contributed by atoms with Crippen LogP contribution in [0.5, 0.6) is 0 Å². The summed E-state index contributed by atoms with van der Waals surface area (Å²) in [6, 6.07) is 8.51. The summed E-state index contributed by atoms with van der Waals surface area (Å²) >= 11 is 5.73. The van der Waals surface area contributed by atoms with Gasteiger partial charge >= 0.3 is 0 Å². The highest BCUT2D eigenvalue weighted by Crippen LogP contribution is 2.23. The van der Waals surface area contributed by atoms with E-state index in [9.17, 15) is 14.3 Å². The summed E-state index contributed by atoms with van der Waals surface area (Å²) < 4.78 is 20.5. The second-order valence-electron chi connectivity index (χ2n) is 7.00. The van der Waals surface area contributed by atoms with Crippen LogP contribution in [0.25, 0.3) is 11.3 Å². The molecule has 3 heterocycles. The predicted octanol–water partition coefficient (Wildman–Crippen LogP) is 2.88. The van der Waals surface area contributed by atoms with Gasteiger partial charge < -0.3 is 19.7 Å². The van der Waals surface area contributed by atoms with Gasteiger partial charge in [-0.05, 0) is 36.2 Å². The molecular formula is C21H20ClFN4O3. The fraction of sp³-hybridized carbons (Fsp3) is 0.286. The van der Waals surface area contributed by atoms with Crippen molar-refractivity contribution in [3.05, 3.63) is 75.5 Å². The molecule has 0 unspecified atom stereocenters. The molecule has 0 amide bonds. The first kappa shape index (κ1) is 20.5. The molecule has 3 aromatic rings. The molecule has 4 rings (SSSR count). The number of benzene rings is 1. The zero-order chi connectivity index (χ0) is 21.1. The van der Waals surface area contributed by atoms with Crippen molar-refractivity contribution >= 4 is 17.5 Å². The van der Waals surface area contributed by atoms with Gasteiger partial charge in [-0.3, -0.25) is 4.79 Å². The Kier molecular flexibility index (Phi) is 6.08. The van der Waals surface area contributed by atoms with Crippen LogP contribution < -0.4 is 10.9 Å². The topological polar surface area (TPSA) is 89.3 Å². The molecule has 1 aromatic carbocycles. The lowest BCUT2D eigenvalue weighted by atomic mass is 10.1. The molecule has 156 valence electrons. The lowest BCUT2D eigenvalue weighted by Gasteiger charge is -2.18. The first-order chi connectivity index (χ1) is 14.5. The van der Waals surface area contributed by atoms with Crippen LogP contribution in [-0.4, -0.2) is 45.5 Å². The molecule has 1 aliphatic heterocycles. The van der Waals surface area contributed by atoms with Gasteiger partial charge in [0.15, 0.2) is 0 Å². The van der Waals surface area contributed by atoms with E-state index in [1.807, 2.05) is 0 Å². The number of hydrogen-bond acceptors (Lipinski definition) is 6. The fourth-order valence-corrected chi connectivity index (χ4v) is 3.52. The number of nitrogens with one attached hydrogen (secondary N) is 1. The summed E-state index contributed by atoms with van der Waals surface area (Å²) in [5.41, 5.74) is 1.30. The van der Waals surface area contributed by atoms with Gasteiger partial charge in [0.1, 0.15) is 5.82 Å². The van der Waals surface area contributed by atoms with Crippen molar-refractivity contribution in [2.24, 2.45) is 0 Å². The number of ether oxygens (including phenoxy) is 1. The van der Waals surface area contributed by atoms with Gasteiger partial charge in [-0.1, -0.05) is 17.7 Å². The number of hydrogen-bond donors (Lipinski definition) is 2. The van der Waals surface area contributed by atoms with Crippen LogP contribution >= 0.6 is 11.6 Å². The van der Waals surface area contributed by atoms with E-state index in [0.29, 0.717) is 36.0 Å². The largest absolute Gasteiger partial charge is 0.394 e. The highest BCUT2D eigenvalue weighted by atomic mass is 35.5. The average Bonchev–Trinajstić information content (AvgIpc) is 3.25. The van der Waals surface area contributed by atoms with Crippen molar-refractivity contribution in [2.75, 3.05) is 25.1 Å². The van der Waals surface area contributed by atoms with Crippen molar-refractivity contribution < 1.29 is 14.2 Å². The quantitative estimate of drug-likeness (QED) is 0.625. The molecule has 30 heavy (non-hydrogen) atoms. The van der Waals surface area contributed by atoms with E-state index in [-0.39, 0.29) is 23.2 Å². The van der Waals surface area contributed by atoms with E-state index in [0.717, 1.165) is 6.42 Å². The van der Waals surface area contributed by atoms with E-state index in [1.165, 1.54) is 22.8 Å². The summed E-state index contributed by atoms with van der Waals surface area (Å²) in [5.74, 6) is -0.136. The summed E-state index contributed by atoms with van der Waals surface area (Å²) in [4.78, 5) is 21.5. The highest BCUT2D eigenvalue weighted by Gasteiger charge is 2.18. The third-order valence-electron chi connectivity index (χ3n) is 5.00. The molecule has 9 heteroatoms. The van der Waals surface area contributed by atoms with Gasteiger partial charge in [-0.15, -0.1) is 0 Å². The maximum atomic E-state index is 13.8. The third-order valence-corrected chi connectivity index (χ3v) is 5.31. The van der Waals surface area contributed by atoms with Gasteiger partial charge in [0.05, 0.1) is 36.0 Å². The smallest absolute Gasteiger partial charge is 0.251 e. The SMILES string of the molecule is O=c1cc(-c2ccnc(N[C@H]3CCOC3)n2)ccn1[C@H](CO)c1ccc(Cl)c(F)c1. The molecule has 2 atom stereocenters. The number of pyridine rings is 1. The second-order valence-corrected chi connectivity index (χ2v) is 7.41. The van der Waals surface area contributed by atoms with Crippen molar-refractivity contribution in [3.63, 3.8) is 0 Å². The molecule has 2 N–H and O–H groups in total. The number of aromatic nitrogens is 3. The van der Waals surface area contributed by atoms with Crippen LogP contribution in [0, 0.1) is 5.82 Å². The van der Waals surface area contributed by atoms with Crippen LogP contribution in [0.3, 0.4) is 0 Å². The highest BCUT2D eigenvalue weighted by molar-refractivity contribution is 6.30. The molecule has 0 aliphatic carbocycles. The summed E-state index contributed by atoms with van der Waals surface area (Å²) in [6.45, 7) is 0.946. The third kappa shape index (κ3) is 4.35. The normalized spacial score (nSPS) is 17.1. The van der Waals surface area contributed by atoms with Gasteiger partial charge in [-0.2, -0.15) is 0 Å². The molecule has 0 spiro atoms. The number of aliphatic hydroxyl groups is 1. The Balaban J connectivity index is 1.61. The Labute approximate surface area is 177 Å². The van der Waals surface area contributed by atoms with Crippen LogP contribution in [0.2, 0.25) is 5.02 Å². The number of anilines is 1. The molecular weight excluding hydrogens is 411 g/mol. The first-order valence-corrected chi connectivity index (χ1v) is 9.88. The fourth-order valence-electron chi connectivity index (χ4n) is 3.40. The van der Waals surface area contributed by atoms with Crippen molar-refractivity contribution in [2.45, 2.75) is 18.5 Å². The zero-order valence-electron chi connectivity index (χ0n) is 16.0. The maximum absolute atomic E-state index is 13.8. The van der Waals surface area contributed by atoms with Gasteiger partial charge in [0, 0.05) is 30.6 Å². The van der Waals surface area contributed by atoms with E-state index in [4.69, 9.17) is 16.3 Å². The number of nitrogens with zero attached hydrogens (tertiary/aromatic N) is 3. The van der Waals surface area contributed by atoms with Gasteiger partial charge in [0.25, 0.3) is 5.56 Å². The monoisotopic (exact) mass is 430 g/mol. The number of aliphatic hydroxyl groups excluding tert-OH is 1. The van der Waals surface area contributed by atoms with Crippen LogP contribution in [0.1, 0.15) is 18.0 Å². The first-order valence-electron chi connectivity index (χ1n) is 9.51. The van der Waals surface area contributed by atoms with E-state index in [1.54, 1.807) is 30.6 Å². The second kappa shape index (κ2) is 8.91. The summed E-state index contributed by atoms with van der Waals surface area (Å²) in [6.07, 6.45) is 4.07. The Bertz CT molecular complexity index is 1100. The average molecular weight is 431 g/mol. The van der Waals surface area contributed by atoms with E-state index < -0.39 is 11.9 Å². The lowest BCUT2D eigenvalue weighted by molar-refractivity contribution is 0.195. The Morgan fingerprint density at radius 2 is 2.20 bits per heavy atom. The van der Waals surface area contributed by atoms with Crippen LogP contribution in [0.4, 0.5) is 10.3 Å². The Morgan fingerprint density at radius 3 is 2.90 bits per heavy atom. The minimum Gasteiger partial charge on any atom is -0.394 e. The number of rotatable bonds is 6. The van der Waals surface area contributed by atoms with Crippen LogP contribution in [-0.2, 0) is 4.74 Å². The molecule has 1 fully saturated rings. The molecule has 0 saturated carbocycles. The maximum Gasteiger partial charge on any atom is 0.251 e. The Morgan fingerprint density at radius 1 is 1.33 bits per heavy atom. The minimum atomic E-state index is -0.733. The minimum absolute atomic E-state index is 0.0181. The van der Waals surface area contributed by atoms with E-state index in [2.05, 4.69) is 15.3 Å². The van der Waals surface area contributed by atoms with Crippen LogP contribution in [0.15, 0.2) is 53.6 Å². The molecule has 0 bridgehead atoms.